The van der Waals surface area contributed by atoms with E-state index in [2.05, 4.69) is 20.8 Å². The molecule has 4 rings (SSSR count). The van der Waals surface area contributed by atoms with E-state index in [0.29, 0.717) is 23.3 Å². The highest BCUT2D eigenvalue weighted by Gasteiger charge is 2.60. The maximum absolute atomic E-state index is 11.5. The van der Waals surface area contributed by atoms with Crippen LogP contribution in [0.3, 0.4) is 0 Å². The van der Waals surface area contributed by atoms with E-state index in [4.69, 9.17) is 10.5 Å². The summed E-state index contributed by atoms with van der Waals surface area (Å²) >= 11 is 0. The molecule has 1 unspecified atom stereocenters. The number of fused-ring (bicyclic) bond motifs is 5. The molecule has 4 fully saturated rings. The Bertz CT molecular complexity index is 606. The number of methoxy groups -OCH3 is 1. The first-order valence-corrected chi connectivity index (χ1v) is 12.6. The number of rotatable bonds is 5. The number of nitrogens with two attached hydrogens (primary N) is 1. The molecule has 29 heavy (non-hydrogen) atoms. The van der Waals surface area contributed by atoms with Crippen LogP contribution in [0, 0.1) is 46.3 Å². The highest BCUT2D eigenvalue weighted by Crippen LogP contribution is 2.68. The molecule has 4 aliphatic rings. The van der Waals surface area contributed by atoms with Crippen molar-refractivity contribution in [3.8, 4) is 0 Å². The van der Waals surface area contributed by atoms with E-state index in [1.54, 1.807) is 0 Å². The number of hydrogen-bond donors (Lipinski definition) is 1. The molecule has 0 aromatic carbocycles. The molecule has 4 aliphatic carbocycles. The third-order valence-electron chi connectivity index (χ3n) is 10.7. The first kappa shape index (κ1) is 21.7. The average Bonchev–Trinajstić information content (AvgIpc) is 3.05. The fraction of sp³-hybridized carbons (Fsp3) is 0.962. The van der Waals surface area contributed by atoms with E-state index >= 15 is 0 Å². The molecule has 0 aliphatic heterocycles. The van der Waals surface area contributed by atoms with Gasteiger partial charge < -0.3 is 10.5 Å². The lowest BCUT2D eigenvalue weighted by Gasteiger charge is -2.61. The molecule has 0 aromatic heterocycles. The summed E-state index contributed by atoms with van der Waals surface area (Å²) < 4.78 is 4.83. The van der Waals surface area contributed by atoms with Gasteiger partial charge in [0.15, 0.2) is 0 Å². The second kappa shape index (κ2) is 8.17. The Kier molecular flexibility index (Phi) is 6.10. The van der Waals surface area contributed by atoms with Crippen LogP contribution in [0.4, 0.5) is 0 Å². The second-order valence-electron chi connectivity index (χ2n) is 11.9. The summed E-state index contributed by atoms with van der Waals surface area (Å²) in [5.74, 6) is 5.23. The van der Waals surface area contributed by atoms with Crippen molar-refractivity contribution in [3.05, 3.63) is 0 Å². The molecule has 4 saturated carbocycles. The molecule has 0 amide bonds. The summed E-state index contributed by atoms with van der Waals surface area (Å²) in [5.41, 5.74) is 7.45. The topological polar surface area (TPSA) is 52.3 Å². The largest absolute Gasteiger partial charge is 0.469 e. The molecule has 9 atom stereocenters. The van der Waals surface area contributed by atoms with E-state index < -0.39 is 0 Å². The van der Waals surface area contributed by atoms with Crippen molar-refractivity contribution >= 4 is 5.97 Å². The van der Waals surface area contributed by atoms with Gasteiger partial charge in [0.1, 0.15) is 0 Å². The summed E-state index contributed by atoms with van der Waals surface area (Å²) in [6.07, 6.45) is 15.3. The second-order valence-corrected chi connectivity index (χ2v) is 11.9. The van der Waals surface area contributed by atoms with Crippen LogP contribution in [0.25, 0.3) is 0 Å². The number of carbonyl (C=O) groups excluding carboxylic acids is 1. The summed E-state index contributed by atoms with van der Waals surface area (Å²) in [6.45, 7) is 7.75. The van der Waals surface area contributed by atoms with Crippen molar-refractivity contribution in [1.29, 1.82) is 0 Å². The minimum atomic E-state index is -0.0505. The van der Waals surface area contributed by atoms with Crippen molar-refractivity contribution in [2.45, 2.75) is 104 Å². The Hall–Kier alpha value is -0.570. The third-order valence-corrected chi connectivity index (χ3v) is 10.7. The first-order valence-electron chi connectivity index (χ1n) is 12.6. The van der Waals surface area contributed by atoms with Crippen molar-refractivity contribution in [1.82, 2.24) is 0 Å². The van der Waals surface area contributed by atoms with E-state index in [9.17, 15) is 4.79 Å². The van der Waals surface area contributed by atoms with Gasteiger partial charge in [0.2, 0.25) is 0 Å². The van der Waals surface area contributed by atoms with E-state index in [1.165, 1.54) is 71.3 Å². The summed E-state index contributed by atoms with van der Waals surface area (Å²) in [4.78, 5) is 11.5. The average molecular weight is 404 g/mol. The zero-order valence-electron chi connectivity index (χ0n) is 19.4. The van der Waals surface area contributed by atoms with Gasteiger partial charge in [0.05, 0.1) is 7.11 Å². The quantitative estimate of drug-likeness (QED) is 0.577. The van der Waals surface area contributed by atoms with Crippen LogP contribution < -0.4 is 5.73 Å². The Morgan fingerprint density at radius 2 is 1.76 bits per heavy atom. The molecule has 0 spiro atoms. The van der Waals surface area contributed by atoms with Gasteiger partial charge in [-0.05, 0) is 117 Å². The van der Waals surface area contributed by atoms with Crippen molar-refractivity contribution < 1.29 is 9.53 Å². The highest BCUT2D eigenvalue weighted by atomic mass is 16.5. The van der Waals surface area contributed by atoms with Gasteiger partial charge in [0, 0.05) is 12.5 Å². The number of carbonyl (C=O) groups is 1. The van der Waals surface area contributed by atoms with Gasteiger partial charge in [-0.15, -0.1) is 0 Å². The third kappa shape index (κ3) is 3.68. The van der Waals surface area contributed by atoms with Gasteiger partial charge >= 0.3 is 5.97 Å². The van der Waals surface area contributed by atoms with Crippen molar-refractivity contribution in [3.63, 3.8) is 0 Å². The minimum Gasteiger partial charge on any atom is -0.469 e. The Morgan fingerprint density at radius 3 is 2.52 bits per heavy atom. The maximum atomic E-state index is 11.5. The molecule has 0 bridgehead atoms. The number of hydrogen-bond acceptors (Lipinski definition) is 3. The van der Waals surface area contributed by atoms with Crippen LogP contribution in [-0.4, -0.2) is 19.1 Å². The van der Waals surface area contributed by atoms with E-state index in [1.807, 2.05) is 0 Å². The Morgan fingerprint density at radius 1 is 1.03 bits per heavy atom. The van der Waals surface area contributed by atoms with Gasteiger partial charge in [-0.2, -0.15) is 0 Å². The van der Waals surface area contributed by atoms with Crippen LogP contribution in [0.2, 0.25) is 0 Å². The molecule has 0 saturated heterocycles. The number of esters is 1. The fourth-order valence-corrected chi connectivity index (χ4v) is 9.14. The molecule has 0 heterocycles. The predicted molar refractivity (Wildman–Crippen MR) is 118 cm³/mol. The lowest BCUT2D eigenvalue weighted by Crippen LogP contribution is -2.54. The van der Waals surface area contributed by atoms with Gasteiger partial charge in [-0.25, -0.2) is 0 Å². The molecule has 0 radical (unpaired) electrons. The summed E-state index contributed by atoms with van der Waals surface area (Å²) in [5, 5.41) is 0. The van der Waals surface area contributed by atoms with Crippen LogP contribution in [-0.2, 0) is 9.53 Å². The first-order chi connectivity index (χ1) is 13.8. The van der Waals surface area contributed by atoms with E-state index in [0.717, 1.165) is 41.9 Å². The molecule has 2 N–H and O–H groups in total. The molecule has 0 aromatic rings. The van der Waals surface area contributed by atoms with Crippen molar-refractivity contribution in [2.75, 3.05) is 7.11 Å². The SMILES string of the molecule is COC(=O)CCC[C@@H](C)[C@H]1CC[C@H]2[C@@H]3CC[C@H]4CC(N)CC[C@]4(C)[C@H]3CC[C@]12C. The van der Waals surface area contributed by atoms with Crippen LogP contribution in [0.15, 0.2) is 0 Å². The Balaban J connectivity index is 1.44. The van der Waals surface area contributed by atoms with Crippen molar-refractivity contribution in [2.24, 2.45) is 52.1 Å². The monoisotopic (exact) mass is 403 g/mol. The smallest absolute Gasteiger partial charge is 0.305 e. The fourth-order valence-electron chi connectivity index (χ4n) is 9.14. The normalized spacial score (nSPS) is 47.6. The Labute approximate surface area is 178 Å². The lowest BCUT2D eigenvalue weighted by molar-refractivity contribution is -0.140. The molecule has 3 nitrogen and oxygen atoms in total. The maximum Gasteiger partial charge on any atom is 0.305 e. The molecule has 3 heteroatoms. The molecule has 166 valence electrons. The van der Waals surface area contributed by atoms with Crippen LogP contribution >= 0.6 is 0 Å². The molecular weight excluding hydrogens is 358 g/mol. The summed E-state index contributed by atoms with van der Waals surface area (Å²) in [6, 6.07) is 0.459. The zero-order valence-corrected chi connectivity index (χ0v) is 19.4. The summed E-state index contributed by atoms with van der Waals surface area (Å²) in [7, 11) is 1.50. The van der Waals surface area contributed by atoms with Gasteiger partial charge in [0.25, 0.3) is 0 Å². The lowest BCUT2D eigenvalue weighted by atomic mass is 9.44. The number of ether oxygens (including phenoxy) is 1. The van der Waals surface area contributed by atoms with E-state index in [-0.39, 0.29) is 5.97 Å². The minimum absolute atomic E-state index is 0.0505. The highest BCUT2D eigenvalue weighted by molar-refractivity contribution is 5.68. The van der Waals surface area contributed by atoms with Crippen LogP contribution in [0.5, 0.6) is 0 Å². The molecular formula is C26H45NO2. The predicted octanol–water partition coefficient (Wildman–Crippen LogP) is 5.95. The van der Waals surface area contributed by atoms with Gasteiger partial charge in [-0.1, -0.05) is 20.8 Å². The zero-order chi connectivity index (χ0) is 20.8. The van der Waals surface area contributed by atoms with Gasteiger partial charge in [-0.3, -0.25) is 4.79 Å². The van der Waals surface area contributed by atoms with Crippen LogP contribution in [0.1, 0.15) is 97.8 Å². The standard InChI is InChI=1S/C26H45NO2/c1-17(6-5-7-24(28)29-4)21-10-11-22-20-9-8-18-16-19(27)12-14-25(18,2)23(20)13-15-26(21,22)3/h17-23H,5-16,27H2,1-4H3/t17-,18+,19?,20+,21-,22+,23+,25+,26-/m1/s1.